The van der Waals surface area contributed by atoms with E-state index >= 15 is 0 Å². The zero-order valence-electron chi connectivity index (χ0n) is 17.3. The lowest BCUT2D eigenvalue weighted by atomic mass is 10.1. The zero-order valence-corrected chi connectivity index (χ0v) is 19.6. The zero-order chi connectivity index (χ0) is 18.6. The van der Waals surface area contributed by atoms with E-state index in [1.807, 2.05) is 7.05 Å². The Balaban J connectivity index is 0.00000364. The van der Waals surface area contributed by atoms with Gasteiger partial charge in [-0.3, -0.25) is 4.99 Å². The Kier molecular flexibility index (Phi) is 12.7. The number of aliphatic imine (C=N–C) groups is 1. The number of guanidine groups is 1. The average Bonchev–Trinajstić information content (AvgIpc) is 2.87. The van der Waals surface area contributed by atoms with Gasteiger partial charge in [0.1, 0.15) is 0 Å². The average molecular weight is 487 g/mol. The summed E-state index contributed by atoms with van der Waals surface area (Å²) in [5.41, 5.74) is 1.40. The number of likely N-dealkylation sites (N-methyl/N-ethyl adjacent to an activating group) is 1. The Morgan fingerprint density at radius 1 is 1.15 bits per heavy atom. The van der Waals surface area contributed by atoms with Crippen LogP contribution < -0.4 is 10.6 Å². The molecule has 1 aliphatic heterocycles. The highest BCUT2D eigenvalue weighted by Crippen LogP contribution is 2.05. The van der Waals surface area contributed by atoms with E-state index in [1.54, 1.807) is 0 Å². The van der Waals surface area contributed by atoms with Gasteiger partial charge in [-0.1, -0.05) is 30.3 Å². The molecule has 154 valence electrons. The second-order valence-electron chi connectivity index (χ2n) is 7.42. The number of nitrogens with zero attached hydrogens (tertiary/aromatic N) is 3. The maximum atomic E-state index is 4.37. The highest BCUT2D eigenvalue weighted by Gasteiger charge is 2.11. The maximum absolute atomic E-state index is 4.37. The monoisotopic (exact) mass is 487 g/mol. The molecule has 0 aromatic heterocycles. The third kappa shape index (κ3) is 10.3. The normalized spacial score (nSPS) is 17.7. The van der Waals surface area contributed by atoms with Crippen molar-refractivity contribution in [1.82, 2.24) is 20.4 Å². The maximum Gasteiger partial charge on any atom is 0.191 e. The van der Waals surface area contributed by atoms with E-state index in [4.69, 9.17) is 0 Å². The number of rotatable bonds is 8. The van der Waals surface area contributed by atoms with Crippen molar-refractivity contribution in [2.75, 3.05) is 53.4 Å². The van der Waals surface area contributed by atoms with E-state index in [-0.39, 0.29) is 24.0 Å². The van der Waals surface area contributed by atoms with Gasteiger partial charge in [0.15, 0.2) is 5.96 Å². The van der Waals surface area contributed by atoms with Gasteiger partial charge in [0.2, 0.25) is 0 Å². The number of hydrogen-bond acceptors (Lipinski definition) is 3. The van der Waals surface area contributed by atoms with E-state index < -0.39 is 0 Å². The topological polar surface area (TPSA) is 42.9 Å². The second kappa shape index (κ2) is 14.2. The third-order valence-corrected chi connectivity index (χ3v) is 5.07. The first kappa shape index (κ1) is 24.2. The van der Waals surface area contributed by atoms with Crippen LogP contribution in [-0.2, 0) is 6.42 Å². The summed E-state index contributed by atoms with van der Waals surface area (Å²) in [5.74, 6) is 0.918. The largest absolute Gasteiger partial charge is 0.356 e. The van der Waals surface area contributed by atoms with Crippen molar-refractivity contribution in [3.05, 3.63) is 35.9 Å². The minimum absolute atomic E-state index is 0. The minimum atomic E-state index is 0. The SMILES string of the molecule is CN=C(NCCCN1CCCN(C)CC1)NC(C)CCc1ccccc1.I. The Bertz CT molecular complexity index is 523. The summed E-state index contributed by atoms with van der Waals surface area (Å²) in [5, 5.41) is 6.97. The Morgan fingerprint density at radius 3 is 2.67 bits per heavy atom. The van der Waals surface area contributed by atoms with Gasteiger partial charge in [-0.15, -0.1) is 24.0 Å². The van der Waals surface area contributed by atoms with Crippen LogP contribution in [0.4, 0.5) is 0 Å². The van der Waals surface area contributed by atoms with Crippen molar-refractivity contribution in [1.29, 1.82) is 0 Å². The first-order valence-corrected chi connectivity index (χ1v) is 10.1. The van der Waals surface area contributed by atoms with Gasteiger partial charge in [0, 0.05) is 32.7 Å². The van der Waals surface area contributed by atoms with Crippen LogP contribution in [0, 0.1) is 0 Å². The summed E-state index contributed by atoms with van der Waals surface area (Å²) >= 11 is 0. The minimum Gasteiger partial charge on any atom is -0.356 e. The Morgan fingerprint density at radius 2 is 1.93 bits per heavy atom. The fourth-order valence-corrected chi connectivity index (χ4v) is 3.36. The van der Waals surface area contributed by atoms with Gasteiger partial charge >= 0.3 is 0 Å². The van der Waals surface area contributed by atoms with Crippen LogP contribution in [0.25, 0.3) is 0 Å². The van der Waals surface area contributed by atoms with Crippen LogP contribution in [-0.4, -0.2) is 75.2 Å². The number of halogens is 1. The molecule has 0 bridgehead atoms. The Labute approximate surface area is 183 Å². The number of hydrogen-bond donors (Lipinski definition) is 2. The molecule has 1 fully saturated rings. The molecule has 1 aromatic carbocycles. The van der Waals surface area contributed by atoms with Crippen LogP contribution in [0.3, 0.4) is 0 Å². The van der Waals surface area contributed by atoms with Crippen molar-refractivity contribution in [2.45, 2.75) is 38.6 Å². The number of nitrogens with one attached hydrogen (secondary N) is 2. The van der Waals surface area contributed by atoms with E-state index in [1.165, 1.54) is 44.7 Å². The highest BCUT2D eigenvalue weighted by molar-refractivity contribution is 14.0. The third-order valence-electron chi connectivity index (χ3n) is 5.07. The quantitative estimate of drug-likeness (QED) is 0.256. The first-order valence-electron chi connectivity index (χ1n) is 10.1. The predicted octanol–water partition coefficient (Wildman–Crippen LogP) is 2.82. The van der Waals surface area contributed by atoms with Gasteiger partial charge in [0.25, 0.3) is 0 Å². The van der Waals surface area contributed by atoms with E-state index in [2.05, 4.69) is 69.7 Å². The van der Waals surface area contributed by atoms with Gasteiger partial charge in [-0.25, -0.2) is 0 Å². The van der Waals surface area contributed by atoms with Gasteiger partial charge in [0.05, 0.1) is 0 Å². The van der Waals surface area contributed by atoms with Gasteiger partial charge < -0.3 is 20.4 Å². The molecule has 1 atom stereocenters. The predicted molar refractivity (Wildman–Crippen MR) is 127 cm³/mol. The molecule has 0 spiro atoms. The lowest BCUT2D eigenvalue weighted by Crippen LogP contribution is -2.43. The molecule has 0 amide bonds. The van der Waals surface area contributed by atoms with Crippen LogP contribution >= 0.6 is 24.0 Å². The summed E-state index contributed by atoms with van der Waals surface area (Å²) in [4.78, 5) is 9.38. The van der Waals surface area contributed by atoms with Gasteiger partial charge in [-0.2, -0.15) is 0 Å². The molecule has 1 aromatic rings. The molecule has 0 aliphatic carbocycles. The van der Waals surface area contributed by atoms with Crippen molar-refractivity contribution >= 4 is 29.9 Å². The summed E-state index contributed by atoms with van der Waals surface area (Å²) < 4.78 is 0. The van der Waals surface area contributed by atoms with Crippen LogP contribution in [0.15, 0.2) is 35.3 Å². The fraction of sp³-hybridized carbons (Fsp3) is 0.667. The van der Waals surface area contributed by atoms with E-state index in [9.17, 15) is 0 Å². The standard InChI is InChI=1S/C21H37N5.HI/c1-19(11-12-20-9-5-4-6-10-20)24-21(22-2)23-13-7-15-26-16-8-14-25(3)17-18-26;/h4-6,9-10,19H,7-8,11-18H2,1-3H3,(H2,22,23,24);1H. The summed E-state index contributed by atoms with van der Waals surface area (Å²) in [6.45, 7) is 9.21. The van der Waals surface area contributed by atoms with Crippen molar-refractivity contribution in [3.8, 4) is 0 Å². The number of benzene rings is 1. The lowest BCUT2D eigenvalue weighted by molar-refractivity contribution is 0.274. The summed E-state index contributed by atoms with van der Waals surface area (Å²) in [6, 6.07) is 11.1. The molecule has 5 nitrogen and oxygen atoms in total. The van der Waals surface area contributed by atoms with Crippen molar-refractivity contribution < 1.29 is 0 Å². The molecule has 1 saturated heterocycles. The molecule has 1 heterocycles. The Hall–Kier alpha value is -0.860. The van der Waals surface area contributed by atoms with E-state index in [0.717, 1.165) is 31.8 Å². The van der Waals surface area contributed by atoms with Crippen molar-refractivity contribution in [2.24, 2.45) is 4.99 Å². The molecule has 0 saturated carbocycles. The summed E-state index contributed by atoms with van der Waals surface area (Å²) in [6.07, 6.45) is 4.64. The van der Waals surface area contributed by atoms with Gasteiger partial charge in [-0.05, 0) is 64.9 Å². The highest BCUT2D eigenvalue weighted by atomic mass is 127. The molecule has 0 radical (unpaired) electrons. The summed E-state index contributed by atoms with van der Waals surface area (Å²) in [7, 11) is 4.07. The van der Waals surface area contributed by atoms with Crippen molar-refractivity contribution in [3.63, 3.8) is 0 Å². The second-order valence-corrected chi connectivity index (χ2v) is 7.42. The fourth-order valence-electron chi connectivity index (χ4n) is 3.36. The van der Waals surface area contributed by atoms with E-state index in [0.29, 0.717) is 6.04 Å². The van der Waals surface area contributed by atoms with Crippen LogP contribution in [0.5, 0.6) is 0 Å². The molecule has 2 rings (SSSR count). The molecular formula is C21H38IN5. The molecular weight excluding hydrogens is 449 g/mol. The molecule has 6 heteroatoms. The molecule has 1 aliphatic rings. The number of aryl methyl sites for hydroxylation is 1. The molecule has 27 heavy (non-hydrogen) atoms. The first-order chi connectivity index (χ1) is 12.7. The van der Waals surface area contributed by atoms with Crippen LogP contribution in [0.2, 0.25) is 0 Å². The van der Waals surface area contributed by atoms with Crippen LogP contribution in [0.1, 0.15) is 31.7 Å². The lowest BCUT2D eigenvalue weighted by Gasteiger charge is -2.21. The molecule has 2 N–H and O–H groups in total. The smallest absolute Gasteiger partial charge is 0.191 e. The molecule has 1 unspecified atom stereocenters.